The molecule has 0 atom stereocenters. The highest BCUT2D eigenvalue weighted by Crippen LogP contribution is 2.25. The lowest BCUT2D eigenvalue weighted by Gasteiger charge is -2.10. The molecule has 0 unspecified atom stereocenters. The summed E-state index contributed by atoms with van der Waals surface area (Å²) in [6, 6.07) is 9.25. The summed E-state index contributed by atoms with van der Waals surface area (Å²) in [5.74, 6) is 1.36. The number of aromatic nitrogens is 2. The number of nitriles is 1. The number of halogens is 1. The van der Waals surface area contributed by atoms with E-state index in [0.717, 1.165) is 17.4 Å². The average molecular weight is 347 g/mol. The zero-order chi connectivity index (χ0) is 15.2. The Kier molecular flexibility index (Phi) is 4.95. The maximum absolute atomic E-state index is 9.14. The van der Waals surface area contributed by atoms with Crippen molar-refractivity contribution in [2.45, 2.75) is 13.3 Å². The van der Waals surface area contributed by atoms with Crippen LogP contribution in [0.5, 0.6) is 0 Å². The number of anilines is 4. The summed E-state index contributed by atoms with van der Waals surface area (Å²) in [6.45, 7) is 2.87. The van der Waals surface area contributed by atoms with Crippen LogP contribution in [-0.2, 0) is 0 Å². The number of nitrogens with two attached hydrogens (primary N) is 1. The van der Waals surface area contributed by atoms with Crippen LogP contribution in [0.15, 0.2) is 28.7 Å². The summed E-state index contributed by atoms with van der Waals surface area (Å²) in [4.78, 5) is 8.25. The highest BCUT2D eigenvalue weighted by atomic mass is 79.9. The molecule has 1 aromatic carbocycles. The molecule has 0 radical (unpaired) electrons. The first-order chi connectivity index (χ1) is 10.1. The van der Waals surface area contributed by atoms with Gasteiger partial charge in [-0.05, 0) is 24.6 Å². The Morgan fingerprint density at radius 2 is 2.05 bits per heavy atom. The fourth-order valence-electron chi connectivity index (χ4n) is 1.73. The van der Waals surface area contributed by atoms with Crippen LogP contribution in [0.25, 0.3) is 0 Å². The lowest BCUT2D eigenvalue weighted by molar-refractivity contribution is 0.967. The Hall–Kier alpha value is -2.33. The van der Waals surface area contributed by atoms with Crippen LogP contribution in [0, 0.1) is 11.3 Å². The van der Waals surface area contributed by atoms with E-state index < -0.39 is 0 Å². The molecular weight excluding hydrogens is 332 g/mol. The van der Waals surface area contributed by atoms with Crippen LogP contribution in [0.3, 0.4) is 0 Å². The van der Waals surface area contributed by atoms with E-state index in [0.29, 0.717) is 22.9 Å². The van der Waals surface area contributed by atoms with Gasteiger partial charge in [0.15, 0.2) is 0 Å². The van der Waals surface area contributed by atoms with Gasteiger partial charge in [0, 0.05) is 17.1 Å². The van der Waals surface area contributed by atoms with Crippen molar-refractivity contribution in [3.63, 3.8) is 0 Å². The van der Waals surface area contributed by atoms with Crippen LogP contribution >= 0.6 is 15.9 Å². The van der Waals surface area contributed by atoms with E-state index in [1.807, 2.05) is 12.1 Å². The Bertz CT molecular complexity index is 680. The molecule has 21 heavy (non-hydrogen) atoms. The highest BCUT2D eigenvalue weighted by molar-refractivity contribution is 9.10. The van der Waals surface area contributed by atoms with E-state index in [1.165, 1.54) is 0 Å². The van der Waals surface area contributed by atoms with Crippen LogP contribution in [0.4, 0.5) is 23.3 Å². The topological polar surface area (TPSA) is 99.6 Å². The van der Waals surface area contributed by atoms with Gasteiger partial charge in [0.25, 0.3) is 0 Å². The predicted octanol–water partition coefficient (Wildman–Crippen LogP) is 3.26. The lowest BCUT2D eigenvalue weighted by atomic mass is 10.2. The molecule has 1 heterocycles. The van der Waals surface area contributed by atoms with E-state index >= 15 is 0 Å². The molecule has 0 aliphatic rings. The average Bonchev–Trinajstić information content (AvgIpc) is 2.45. The predicted molar refractivity (Wildman–Crippen MR) is 87.4 cm³/mol. The van der Waals surface area contributed by atoms with Crippen molar-refractivity contribution in [1.82, 2.24) is 9.97 Å². The molecule has 1 aromatic heterocycles. The smallest absolute Gasteiger partial charge is 0.223 e. The molecule has 0 amide bonds. The van der Waals surface area contributed by atoms with Crippen LogP contribution in [-0.4, -0.2) is 16.5 Å². The number of rotatable bonds is 5. The van der Waals surface area contributed by atoms with Crippen LogP contribution < -0.4 is 16.4 Å². The van der Waals surface area contributed by atoms with Gasteiger partial charge in [0.05, 0.1) is 11.3 Å². The molecule has 0 bridgehead atoms. The fourth-order valence-corrected chi connectivity index (χ4v) is 2.09. The van der Waals surface area contributed by atoms with Gasteiger partial charge in [-0.1, -0.05) is 22.9 Å². The van der Waals surface area contributed by atoms with Gasteiger partial charge < -0.3 is 16.4 Å². The van der Waals surface area contributed by atoms with Gasteiger partial charge in [-0.2, -0.15) is 15.2 Å². The standard InChI is InChI=1S/C14H15BrN6/c1-2-5-18-12-7-13(21-14(17)20-12)19-11-6-10(15)4-3-9(11)8-16/h3-4,6-7H,2,5H2,1H3,(H4,17,18,19,20,21). The van der Waals surface area contributed by atoms with Crippen molar-refractivity contribution in [3.05, 3.63) is 34.3 Å². The normalized spacial score (nSPS) is 9.95. The third kappa shape index (κ3) is 4.07. The van der Waals surface area contributed by atoms with E-state index in [-0.39, 0.29) is 5.95 Å². The molecule has 0 aliphatic heterocycles. The number of nitrogens with zero attached hydrogens (tertiary/aromatic N) is 3. The number of nitrogen functional groups attached to an aromatic ring is 1. The Labute approximate surface area is 131 Å². The summed E-state index contributed by atoms with van der Waals surface area (Å²) < 4.78 is 0.871. The molecule has 4 N–H and O–H groups in total. The molecule has 2 aromatic rings. The molecular formula is C14H15BrN6. The van der Waals surface area contributed by atoms with Crippen molar-refractivity contribution in [2.24, 2.45) is 0 Å². The SMILES string of the molecule is CCCNc1cc(Nc2cc(Br)ccc2C#N)nc(N)n1. The molecule has 6 nitrogen and oxygen atoms in total. The number of hydrogen-bond donors (Lipinski definition) is 3. The van der Waals surface area contributed by atoms with E-state index in [4.69, 9.17) is 11.0 Å². The highest BCUT2D eigenvalue weighted by Gasteiger charge is 2.07. The largest absolute Gasteiger partial charge is 0.370 e. The minimum Gasteiger partial charge on any atom is -0.370 e. The molecule has 7 heteroatoms. The van der Waals surface area contributed by atoms with Gasteiger partial charge in [-0.15, -0.1) is 0 Å². The Morgan fingerprint density at radius 1 is 1.29 bits per heavy atom. The summed E-state index contributed by atoms with van der Waals surface area (Å²) in [5, 5.41) is 15.4. The van der Waals surface area contributed by atoms with Crippen molar-refractivity contribution in [2.75, 3.05) is 22.9 Å². The van der Waals surface area contributed by atoms with Crippen molar-refractivity contribution < 1.29 is 0 Å². The molecule has 108 valence electrons. The van der Waals surface area contributed by atoms with Gasteiger partial charge in [0.2, 0.25) is 5.95 Å². The first-order valence-electron chi connectivity index (χ1n) is 6.47. The Morgan fingerprint density at radius 3 is 2.76 bits per heavy atom. The maximum Gasteiger partial charge on any atom is 0.223 e. The molecule has 0 aliphatic carbocycles. The summed E-state index contributed by atoms with van der Waals surface area (Å²) >= 11 is 3.38. The second-order valence-electron chi connectivity index (χ2n) is 4.35. The van der Waals surface area contributed by atoms with Crippen molar-refractivity contribution >= 4 is 39.2 Å². The van der Waals surface area contributed by atoms with Crippen LogP contribution in [0.2, 0.25) is 0 Å². The Balaban J connectivity index is 2.29. The lowest BCUT2D eigenvalue weighted by Crippen LogP contribution is -2.07. The number of hydrogen-bond acceptors (Lipinski definition) is 6. The van der Waals surface area contributed by atoms with Gasteiger partial charge in [-0.3, -0.25) is 0 Å². The summed E-state index contributed by atoms with van der Waals surface area (Å²) in [6.07, 6.45) is 0.983. The third-order valence-electron chi connectivity index (χ3n) is 2.66. The number of benzene rings is 1. The first-order valence-corrected chi connectivity index (χ1v) is 7.26. The van der Waals surface area contributed by atoms with Crippen LogP contribution in [0.1, 0.15) is 18.9 Å². The first kappa shape index (κ1) is 15.1. The number of nitrogens with one attached hydrogen (secondary N) is 2. The van der Waals surface area contributed by atoms with Crippen molar-refractivity contribution in [3.8, 4) is 6.07 Å². The molecule has 0 saturated heterocycles. The monoisotopic (exact) mass is 346 g/mol. The molecule has 0 saturated carbocycles. The second kappa shape index (κ2) is 6.90. The minimum atomic E-state index is 0.173. The molecule has 0 fully saturated rings. The van der Waals surface area contributed by atoms with Gasteiger partial charge in [0.1, 0.15) is 17.7 Å². The fraction of sp³-hybridized carbons (Fsp3) is 0.214. The minimum absolute atomic E-state index is 0.173. The third-order valence-corrected chi connectivity index (χ3v) is 3.16. The zero-order valence-electron chi connectivity index (χ0n) is 11.5. The van der Waals surface area contributed by atoms with Gasteiger partial charge in [-0.25, -0.2) is 0 Å². The van der Waals surface area contributed by atoms with E-state index in [9.17, 15) is 0 Å². The van der Waals surface area contributed by atoms with E-state index in [1.54, 1.807) is 12.1 Å². The molecule has 2 rings (SSSR count). The second-order valence-corrected chi connectivity index (χ2v) is 5.27. The summed E-state index contributed by atoms with van der Waals surface area (Å²) in [7, 11) is 0. The molecule has 0 spiro atoms. The van der Waals surface area contributed by atoms with Crippen molar-refractivity contribution in [1.29, 1.82) is 5.26 Å². The quantitative estimate of drug-likeness (QED) is 0.768. The van der Waals surface area contributed by atoms with E-state index in [2.05, 4.69) is 49.5 Å². The maximum atomic E-state index is 9.14. The summed E-state index contributed by atoms with van der Waals surface area (Å²) in [5.41, 5.74) is 6.89. The zero-order valence-corrected chi connectivity index (χ0v) is 13.1. The van der Waals surface area contributed by atoms with Gasteiger partial charge >= 0.3 is 0 Å².